The third kappa shape index (κ3) is 4.76. The summed E-state index contributed by atoms with van der Waals surface area (Å²) in [5, 5.41) is 20.7. The third-order valence-corrected chi connectivity index (χ3v) is 2.70. The second-order valence-corrected chi connectivity index (χ2v) is 5.79. The van der Waals surface area contributed by atoms with Crippen LogP contribution in [0.2, 0.25) is 0 Å². The number of carboxylic acids is 2. The molecule has 0 fully saturated rings. The van der Waals surface area contributed by atoms with Crippen LogP contribution in [0.1, 0.15) is 52.6 Å². The molecule has 0 aliphatic carbocycles. The monoisotopic (exact) mass is 309 g/mol. The van der Waals surface area contributed by atoms with Gasteiger partial charge >= 0.3 is 18.0 Å². The predicted molar refractivity (Wildman–Crippen MR) is 78.2 cm³/mol. The van der Waals surface area contributed by atoms with E-state index in [9.17, 15) is 19.5 Å². The Balaban J connectivity index is 3.04. The highest BCUT2D eigenvalue weighted by molar-refractivity contribution is 5.95. The zero-order valence-corrected chi connectivity index (χ0v) is 12.9. The van der Waals surface area contributed by atoms with Crippen molar-refractivity contribution in [2.75, 3.05) is 0 Å². The third-order valence-electron chi connectivity index (χ3n) is 2.70. The molecule has 0 saturated heterocycles. The zero-order chi connectivity index (χ0) is 17.1. The normalized spacial score (nSPS) is 10.9. The Morgan fingerprint density at radius 1 is 1.14 bits per heavy atom. The fourth-order valence-electron chi connectivity index (χ4n) is 1.91. The summed E-state index contributed by atoms with van der Waals surface area (Å²) in [6.07, 6.45) is -0.706. The lowest BCUT2D eigenvalue weighted by atomic mass is 9.98. The number of alkyl carbamates (subject to hydrolysis) is 1. The van der Waals surface area contributed by atoms with Crippen molar-refractivity contribution in [3.05, 3.63) is 34.4 Å². The molecule has 0 aliphatic rings. The highest BCUT2D eigenvalue weighted by Crippen LogP contribution is 2.18. The first-order valence-electron chi connectivity index (χ1n) is 6.58. The number of carboxylic acid groups (broad SMARTS) is 2. The number of rotatable bonds is 4. The van der Waals surface area contributed by atoms with Crippen molar-refractivity contribution < 1.29 is 29.3 Å². The van der Waals surface area contributed by atoms with Gasteiger partial charge in [0.15, 0.2) is 0 Å². The molecule has 1 aromatic rings. The van der Waals surface area contributed by atoms with Crippen LogP contribution < -0.4 is 5.32 Å². The first kappa shape index (κ1) is 17.5. The van der Waals surface area contributed by atoms with Crippen LogP contribution in [0.15, 0.2) is 12.1 Å². The van der Waals surface area contributed by atoms with Crippen LogP contribution in [0.4, 0.5) is 4.79 Å². The quantitative estimate of drug-likeness (QED) is 0.787. The maximum absolute atomic E-state index is 11.6. The van der Waals surface area contributed by atoms with Gasteiger partial charge in [-0.05, 0) is 51.0 Å². The Bertz CT molecular complexity index is 615. The molecule has 0 radical (unpaired) electrons. The minimum atomic E-state index is -1.18. The molecular formula is C15H19NO6. The molecule has 22 heavy (non-hydrogen) atoms. The molecule has 1 rings (SSSR count). The molecule has 0 bridgehead atoms. The second kappa shape index (κ2) is 6.46. The van der Waals surface area contributed by atoms with Crippen LogP contribution in [-0.2, 0) is 11.3 Å². The van der Waals surface area contributed by atoms with Crippen molar-refractivity contribution in [2.24, 2.45) is 0 Å². The molecular weight excluding hydrogens is 290 g/mol. The Morgan fingerprint density at radius 3 is 2.18 bits per heavy atom. The number of hydrogen-bond acceptors (Lipinski definition) is 4. The lowest BCUT2D eigenvalue weighted by Gasteiger charge is -2.20. The maximum Gasteiger partial charge on any atom is 0.407 e. The molecule has 0 spiro atoms. The molecule has 0 aromatic heterocycles. The Morgan fingerprint density at radius 2 is 1.73 bits per heavy atom. The van der Waals surface area contributed by atoms with Crippen molar-refractivity contribution in [3.63, 3.8) is 0 Å². The molecule has 1 amide bonds. The molecule has 7 nitrogen and oxygen atoms in total. The van der Waals surface area contributed by atoms with Gasteiger partial charge in [0.25, 0.3) is 0 Å². The van der Waals surface area contributed by atoms with Crippen LogP contribution in [0.25, 0.3) is 0 Å². The summed E-state index contributed by atoms with van der Waals surface area (Å²) in [5.74, 6) is -2.35. The molecule has 0 unspecified atom stereocenters. The predicted octanol–water partition coefficient (Wildman–Crippen LogP) is 2.42. The summed E-state index contributed by atoms with van der Waals surface area (Å²) in [7, 11) is 0. The second-order valence-electron chi connectivity index (χ2n) is 5.79. The van der Waals surface area contributed by atoms with Crippen LogP contribution in [-0.4, -0.2) is 33.8 Å². The SMILES string of the molecule is Cc1cc(C(=O)O)cc(CNC(=O)OC(C)(C)C)c1C(=O)O. The van der Waals surface area contributed by atoms with E-state index in [1.54, 1.807) is 20.8 Å². The lowest BCUT2D eigenvalue weighted by Crippen LogP contribution is -2.32. The molecule has 0 atom stereocenters. The smallest absolute Gasteiger partial charge is 0.407 e. The van der Waals surface area contributed by atoms with Gasteiger partial charge in [-0.15, -0.1) is 0 Å². The number of aromatic carboxylic acids is 2. The average molecular weight is 309 g/mol. The van der Waals surface area contributed by atoms with Crippen molar-refractivity contribution in [1.29, 1.82) is 0 Å². The Kier molecular flexibility index (Phi) is 5.14. The van der Waals surface area contributed by atoms with Gasteiger partial charge in [-0.1, -0.05) is 0 Å². The van der Waals surface area contributed by atoms with E-state index in [-0.39, 0.29) is 23.2 Å². The topological polar surface area (TPSA) is 113 Å². The number of amides is 1. The molecule has 0 aliphatic heterocycles. The van der Waals surface area contributed by atoms with E-state index in [4.69, 9.17) is 9.84 Å². The van der Waals surface area contributed by atoms with Gasteiger partial charge in [0.05, 0.1) is 11.1 Å². The van der Waals surface area contributed by atoms with Gasteiger partial charge in [0.1, 0.15) is 5.60 Å². The van der Waals surface area contributed by atoms with Crippen LogP contribution >= 0.6 is 0 Å². The fraction of sp³-hybridized carbons (Fsp3) is 0.400. The summed E-state index contributed by atoms with van der Waals surface area (Å²) >= 11 is 0. The fourth-order valence-corrected chi connectivity index (χ4v) is 1.91. The van der Waals surface area contributed by atoms with E-state index in [0.717, 1.165) is 0 Å². The molecule has 0 saturated carbocycles. The average Bonchev–Trinajstić information content (AvgIpc) is 2.32. The van der Waals surface area contributed by atoms with Gasteiger partial charge in [0, 0.05) is 6.54 Å². The number of carbonyl (C=O) groups is 3. The molecule has 7 heteroatoms. The van der Waals surface area contributed by atoms with Gasteiger partial charge in [-0.2, -0.15) is 0 Å². The van der Waals surface area contributed by atoms with E-state index >= 15 is 0 Å². The van der Waals surface area contributed by atoms with Crippen molar-refractivity contribution >= 4 is 18.0 Å². The van der Waals surface area contributed by atoms with E-state index in [2.05, 4.69) is 5.32 Å². The van der Waals surface area contributed by atoms with Gasteiger partial charge in [-0.3, -0.25) is 0 Å². The first-order valence-corrected chi connectivity index (χ1v) is 6.58. The van der Waals surface area contributed by atoms with Crippen molar-refractivity contribution in [3.8, 4) is 0 Å². The van der Waals surface area contributed by atoms with Crippen LogP contribution in [0.3, 0.4) is 0 Å². The molecule has 1 aromatic carbocycles. The van der Waals surface area contributed by atoms with E-state index in [1.165, 1.54) is 19.1 Å². The first-order chi connectivity index (χ1) is 10.0. The molecule has 0 heterocycles. The highest BCUT2D eigenvalue weighted by atomic mass is 16.6. The minimum Gasteiger partial charge on any atom is -0.478 e. The number of aryl methyl sites for hydroxylation is 1. The van der Waals surface area contributed by atoms with Crippen molar-refractivity contribution in [1.82, 2.24) is 5.32 Å². The number of hydrogen-bond donors (Lipinski definition) is 3. The standard InChI is InChI=1S/C15H19NO6/c1-8-5-9(12(17)18)6-10(11(8)13(19)20)7-16-14(21)22-15(2,3)4/h5-6H,7H2,1-4H3,(H,16,21)(H,17,18)(H,19,20). The minimum absolute atomic E-state index is 0.0268. The molecule has 120 valence electrons. The van der Waals surface area contributed by atoms with Gasteiger partial charge in [-0.25, -0.2) is 14.4 Å². The highest BCUT2D eigenvalue weighted by Gasteiger charge is 2.19. The summed E-state index contributed by atoms with van der Waals surface area (Å²) < 4.78 is 5.05. The van der Waals surface area contributed by atoms with E-state index in [0.29, 0.717) is 5.56 Å². The van der Waals surface area contributed by atoms with Crippen molar-refractivity contribution in [2.45, 2.75) is 39.8 Å². The van der Waals surface area contributed by atoms with E-state index in [1.807, 2.05) is 0 Å². The summed E-state index contributed by atoms with van der Waals surface area (Å²) in [4.78, 5) is 34.0. The summed E-state index contributed by atoms with van der Waals surface area (Å²) in [6.45, 7) is 6.46. The van der Waals surface area contributed by atoms with E-state index < -0.39 is 23.6 Å². The zero-order valence-electron chi connectivity index (χ0n) is 12.9. The summed E-state index contributed by atoms with van der Waals surface area (Å²) in [6, 6.07) is 2.51. The number of nitrogens with one attached hydrogen (secondary N) is 1. The largest absolute Gasteiger partial charge is 0.478 e. The Labute approximate surface area is 127 Å². The number of ether oxygens (including phenoxy) is 1. The molecule has 3 N–H and O–H groups in total. The number of benzene rings is 1. The number of carbonyl (C=O) groups excluding carboxylic acids is 1. The Hall–Kier alpha value is -2.57. The van der Waals surface area contributed by atoms with Crippen LogP contribution in [0, 0.1) is 6.92 Å². The summed E-state index contributed by atoms with van der Waals surface area (Å²) in [5.41, 5.74) is -0.230. The lowest BCUT2D eigenvalue weighted by molar-refractivity contribution is 0.0520. The van der Waals surface area contributed by atoms with Crippen LogP contribution in [0.5, 0.6) is 0 Å². The van der Waals surface area contributed by atoms with Gasteiger partial charge in [0.2, 0.25) is 0 Å². The van der Waals surface area contributed by atoms with Gasteiger partial charge < -0.3 is 20.3 Å². The maximum atomic E-state index is 11.6.